The van der Waals surface area contributed by atoms with Crippen molar-refractivity contribution in [1.82, 2.24) is 5.32 Å². The van der Waals surface area contributed by atoms with Crippen LogP contribution in [0.5, 0.6) is 11.5 Å². The van der Waals surface area contributed by atoms with Crippen molar-refractivity contribution >= 4 is 11.6 Å². The predicted molar refractivity (Wildman–Crippen MR) is 100 cm³/mol. The molecular formula is C20H22N2O5. The van der Waals surface area contributed by atoms with Crippen molar-refractivity contribution in [3.05, 3.63) is 64.2 Å². The topological polar surface area (TPSA) is 90.7 Å². The number of carbonyl (C=O) groups excluding carboxylic acids is 1. The number of hydrogen-bond acceptors (Lipinski definition) is 5. The molecule has 0 aliphatic heterocycles. The van der Waals surface area contributed by atoms with E-state index in [1.54, 1.807) is 6.07 Å². The molecule has 2 aromatic carbocycles. The lowest BCUT2D eigenvalue weighted by Crippen LogP contribution is -2.46. The lowest BCUT2D eigenvalue weighted by molar-refractivity contribution is -0.385. The van der Waals surface area contributed by atoms with Gasteiger partial charge in [0.1, 0.15) is 5.75 Å². The molecule has 0 unspecified atom stereocenters. The van der Waals surface area contributed by atoms with Gasteiger partial charge in [0.15, 0.2) is 12.4 Å². The Morgan fingerprint density at radius 1 is 1.22 bits per heavy atom. The summed E-state index contributed by atoms with van der Waals surface area (Å²) in [4.78, 5) is 22.8. The number of amides is 1. The fourth-order valence-electron chi connectivity index (χ4n) is 3.31. The smallest absolute Gasteiger partial charge is 0.314 e. The number of benzene rings is 2. The van der Waals surface area contributed by atoms with Crippen LogP contribution in [-0.2, 0) is 10.2 Å². The second-order valence-electron chi connectivity index (χ2n) is 6.66. The summed E-state index contributed by atoms with van der Waals surface area (Å²) in [6.07, 6.45) is 3.20. The van der Waals surface area contributed by atoms with Crippen LogP contribution in [0.4, 0.5) is 5.69 Å². The number of nitrogens with one attached hydrogen (secondary N) is 1. The Hall–Kier alpha value is -3.09. The molecule has 1 N–H and O–H groups in total. The van der Waals surface area contributed by atoms with Crippen molar-refractivity contribution < 1.29 is 19.2 Å². The highest BCUT2D eigenvalue weighted by Crippen LogP contribution is 2.43. The molecule has 1 aliphatic carbocycles. The summed E-state index contributed by atoms with van der Waals surface area (Å²) in [7, 11) is 1.43. The van der Waals surface area contributed by atoms with Gasteiger partial charge in [-0.25, -0.2) is 0 Å². The second kappa shape index (κ2) is 8.07. The van der Waals surface area contributed by atoms with Gasteiger partial charge in [0.25, 0.3) is 5.91 Å². The van der Waals surface area contributed by atoms with Gasteiger partial charge in [-0.1, -0.05) is 36.8 Å². The monoisotopic (exact) mass is 370 g/mol. The van der Waals surface area contributed by atoms with E-state index < -0.39 is 4.92 Å². The van der Waals surface area contributed by atoms with E-state index in [1.165, 1.54) is 24.8 Å². The number of methoxy groups -OCH3 is 1. The SMILES string of the molecule is COc1ccc(OCC(=O)NCC2(c3ccccc3)CCC2)c([N+](=O)[O-])c1. The average Bonchev–Trinajstić information content (AvgIpc) is 2.66. The molecule has 2 aromatic rings. The molecule has 0 bridgehead atoms. The first-order chi connectivity index (χ1) is 13.0. The summed E-state index contributed by atoms with van der Waals surface area (Å²) in [5, 5.41) is 14.1. The van der Waals surface area contributed by atoms with Crippen LogP contribution in [0, 0.1) is 10.1 Å². The molecule has 0 radical (unpaired) electrons. The van der Waals surface area contributed by atoms with E-state index >= 15 is 0 Å². The highest BCUT2D eigenvalue weighted by molar-refractivity contribution is 5.77. The van der Waals surface area contributed by atoms with Crippen LogP contribution in [-0.4, -0.2) is 31.1 Å². The van der Waals surface area contributed by atoms with Gasteiger partial charge < -0.3 is 14.8 Å². The number of nitro benzene ring substituents is 1. The van der Waals surface area contributed by atoms with Gasteiger partial charge in [0.2, 0.25) is 0 Å². The van der Waals surface area contributed by atoms with Crippen molar-refractivity contribution in [2.75, 3.05) is 20.3 Å². The lowest BCUT2D eigenvalue weighted by atomic mass is 9.64. The molecule has 27 heavy (non-hydrogen) atoms. The van der Waals surface area contributed by atoms with Crippen LogP contribution < -0.4 is 14.8 Å². The van der Waals surface area contributed by atoms with Crippen molar-refractivity contribution in [2.45, 2.75) is 24.7 Å². The zero-order valence-electron chi connectivity index (χ0n) is 15.1. The standard InChI is InChI=1S/C20H22N2O5/c1-26-16-8-9-18(17(12-16)22(24)25)27-13-19(23)21-14-20(10-5-11-20)15-6-3-2-4-7-15/h2-4,6-9,12H,5,10-11,13-14H2,1H3,(H,21,23). The van der Waals surface area contributed by atoms with E-state index in [1.807, 2.05) is 18.2 Å². The minimum absolute atomic E-state index is 0.0248. The molecule has 1 saturated carbocycles. The Bertz CT molecular complexity index is 818. The number of carbonyl (C=O) groups is 1. The second-order valence-corrected chi connectivity index (χ2v) is 6.66. The molecule has 0 saturated heterocycles. The van der Waals surface area contributed by atoms with E-state index in [4.69, 9.17) is 9.47 Å². The Kier molecular flexibility index (Phi) is 5.59. The van der Waals surface area contributed by atoms with E-state index in [2.05, 4.69) is 17.4 Å². The largest absolute Gasteiger partial charge is 0.496 e. The number of rotatable bonds is 8. The number of ether oxygens (including phenoxy) is 2. The van der Waals surface area contributed by atoms with Crippen LogP contribution in [0.15, 0.2) is 48.5 Å². The fourth-order valence-corrected chi connectivity index (χ4v) is 3.31. The zero-order chi connectivity index (χ0) is 19.3. The van der Waals surface area contributed by atoms with Crippen LogP contribution in [0.2, 0.25) is 0 Å². The highest BCUT2D eigenvalue weighted by atomic mass is 16.6. The summed E-state index contributed by atoms with van der Waals surface area (Å²) in [5.41, 5.74) is 0.966. The third-order valence-corrected chi connectivity index (χ3v) is 5.04. The molecule has 0 aromatic heterocycles. The molecule has 0 atom stereocenters. The van der Waals surface area contributed by atoms with E-state index in [0.29, 0.717) is 12.3 Å². The molecule has 0 heterocycles. The predicted octanol–water partition coefficient (Wildman–Crippen LogP) is 3.22. The fraction of sp³-hybridized carbons (Fsp3) is 0.350. The van der Waals surface area contributed by atoms with Crippen molar-refractivity contribution in [2.24, 2.45) is 0 Å². The molecule has 1 amide bonds. The van der Waals surface area contributed by atoms with Gasteiger partial charge in [0, 0.05) is 12.0 Å². The zero-order valence-corrected chi connectivity index (χ0v) is 15.1. The van der Waals surface area contributed by atoms with Gasteiger partial charge in [-0.05, 0) is 30.5 Å². The maximum Gasteiger partial charge on any atom is 0.314 e. The molecular weight excluding hydrogens is 348 g/mol. The quantitative estimate of drug-likeness (QED) is 0.569. The van der Waals surface area contributed by atoms with Gasteiger partial charge in [0.05, 0.1) is 18.1 Å². The van der Waals surface area contributed by atoms with Gasteiger partial charge in [-0.3, -0.25) is 14.9 Å². The maximum absolute atomic E-state index is 12.2. The van der Waals surface area contributed by atoms with E-state index in [0.717, 1.165) is 19.3 Å². The summed E-state index contributed by atoms with van der Waals surface area (Å²) in [6.45, 7) is 0.252. The van der Waals surface area contributed by atoms with E-state index in [9.17, 15) is 14.9 Å². The van der Waals surface area contributed by atoms with Crippen LogP contribution in [0.3, 0.4) is 0 Å². The lowest BCUT2D eigenvalue weighted by Gasteiger charge is -2.42. The third-order valence-electron chi connectivity index (χ3n) is 5.04. The first-order valence-corrected chi connectivity index (χ1v) is 8.81. The molecule has 1 aliphatic rings. The first-order valence-electron chi connectivity index (χ1n) is 8.81. The number of hydrogen-bond donors (Lipinski definition) is 1. The average molecular weight is 370 g/mol. The van der Waals surface area contributed by atoms with Crippen molar-refractivity contribution in [3.8, 4) is 11.5 Å². The Balaban J connectivity index is 1.58. The summed E-state index contributed by atoms with van der Waals surface area (Å²) in [5.74, 6) is 0.0907. The normalized spacial score (nSPS) is 14.7. The molecule has 3 rings (SSSR count). The van der Waals surface area contributed by atoms with Crippen molar-refractivity contribution in [3.63, 3.8) is 0 Å². The molecule has 7 nitrogen and oxygen atoms in total. The Morgan fingerprint density at radius 2 is 1.96 bits per heavy atom. The minimum Gasteiger partial charge on any atom is -0.496 e. The van der Waals surface area contributed by atoms with Gasteiger partial charge in [-0.15, -0.1) is 0 Å². The Morgan fingerprint density at radius 3 is 2.56 bits per heavy atom. The minimum atomic E-state index is -0.561. The Labute approximate surface area is 157 Å². The maximum atomic E-state index is 12.2. The third kappa shape index (κ3) is 4.19. The highest BCUT2D eigenvalue weighted by Gasteiger charge is 2.38. The number of nitro groups is 1. The molecule has 142 valence electrons. The van der Waals surface area contributed by atoms with Gasteiger partial charge in [-0.2, -0.15) is 0 Å². The summed E-state index contributed by atoms with van der Waals surface area (Å²) in [6, 6.07) is 14.4. The van der Waals surface area contributed by atoms with Crippen LogP contribution >= 0.6 is 0 Å². The van der Waals surface area contributed by atoms with Crippen LogP contribution in [0.25, 0.3) is 0 Å². The van der Waals surface area contributed by atoms with Crippen molar-refractivity contribution in [1.29, 1.82) is 0 Å². The molecule has 1 fully saturated rings. The summed E-state index contributed by atoms with van der Waals surface area (Å²) < 4.78 is 10.4. The van der Waals surface area contributed by atoms with Gasteiger partial charge >= 0.3 is 5.69 Å². The first kappa shape index (κ1) is 18.7. The van der Waals surface area contributed by atoms with Crippen LogP contribution in [0.1, 0.15) is 24.8 Å². The number of nitrogens with zero attached hydrogens (tertiary/aromatic N) is 1. The molecule has 7 heteroatoms. The molecule has 0 spiro atoms. The van der Waals surface area contributed by atoms with E-state index in [-0.39, 0.29) is 29.4 Å². The summed E-state index contributed by atoms with van der Waals surface area (Å²) >= 11 is 0.